The minimum absolute atomic E-state index is 0.0283. The Balaban J connectivity index is 1.37. The molecule has 1 saturated carbocycles. The number of aromatic nitrogens is 1. The maximum Gasteiger partial charge on any atom is 0.321 e. The highest BCUT2D eigenvalue weighted by atomic mass is 35.5. The van der Waals surface area contributed by atoms with Crippen molar-refractivity contribution in [2.24, 2.45) is 16.8 Å². The third-order valence-corrected chi connectivity index (χ3v) is 5.80. The number of carbonyl (C=O) groups is 1. The van der Waals surface area contributed by atoms with E-state index in [0.29, 0.717) is 11.4 Å². The first-order chi connectivity index (χ1) is 12.6. The average molecular weight is 367 g/mol. The molecule has 5 rings (SSSR count). The number of urea groups is 1. The highest BCUT2D eigenvalue weighted by Crippen LogP contribution is 2.45. The van der Waals surface area contributed by atoms with Gasteiger partial charge >= 0.3 is 6.03 Å². The van der Waals surface area contributed by atoms with E-state index in [-0.39, 0.29) is 6.03 Å². The minimum Gasteiger partial charge on any atom is -0.324 e. The zero-order valence-corrected chi connectivity index (χ0v) is 15.3. The Morgan fingerprint density at radius 1 is 1.27 bits per heavy atom. The van der Waals surface area contributed by atoms with Gasteiger partial charge in [0.1, 0.15) is 0 Å². The van der Waals surface area contributed by atoms with E-state index in [9.17, 15) is 4.79 Å². The summed E-state index contributed by atoms with van der Waals surface area (Å²) in [5.74, 6) is 2.21. The summed E-state index contributed by atoms with van der Waals surface area (Å²) in [6.45, 7) is 3.78. The van der Waals surface area contributed by atoms with Crippen LogP contribution in [0.4, 0.5) is 16.3 Å². The van der Waals surface area contributed by atoms with Crippen molar-refractivity contribution in [1.29, 1.82) is 0 Å². The monoisotopic (exact) mass is 366 g/mol. The molecule has 26 heavy (non-hydrogen) atoms. The molecule has 2 unspecified atom stereocenters. The lowest BCUT2D eigenvalue weighted by atomic mass is 10.0. The Bertz CT molecular complexity index is 945. The van der Waals surface area contributed by atoms with Gasteiger partial charge in [-0.15, -0.1) is 0 Å². The molecule has 2 fully saturated rings. The Kier molecular flexibility index (Phi) is 3.54. The fraction of sp³-hybridized carbons (Fsp3) is 0.350. The van der Waals surface area contributed by atoms with E-state index in [2.05, 4.69) is 21.4 Å². The minimum atomic E-state index is -0.0283. The predicted octanol–water partition coefficient (Wildman–Crippen LogP) is 4.20. The Labute approximate surface area is 157 Å². The quantitative estimate of drug-likeness (QED) is 0.865. The third kappa shape index (κ3) is 2.76. The number of amides is 2. The van der Waals surface area contributed by atoms with E-state index in [0.717, 1.165) is 58.8 Å². The van der Waals surface area contributed by atoms with E-state index in [4.69, 9.17) is 11.6 Å². The van der Waals surface area contributed by atoms with Gasteiger partial charge in [-0.25, -0.2) is 14.8 Å². The number of aliphatic imine (C=N–C) groups is 1. The molecule has 0 spiro atoms. The number of fused-ring (bicyclic) bond motifs is 2. The summed E-state index contributed by atoms with van der Waals surface area (Å²) < 4.78 is 0. The average Bonchev–Trinajstić information content (AvgIpc) is 3.04. The molecule has 2 atom stereocenters. The Hall–Kier alpha value is -2.40. The summed E-state index contributed by atoms with van der Waals surface area (Å²) in [4.78, 5) is 23.4. The van der Waals surface area contributed by atoms with Crippen LogP contribution >= 0.6 is 11.6 Å². The number of rotatable bonds is 2. The lowest BCUT2D eigenvalue weighted by Gasteiger charge is -2.19. The number of likely N-dealkylation sites (tertiary alicyclic amines) is 1. The fourth-order valence-corrected chi connectivity index (χ4v) is 4.17. The van der Waals surface area contributed by atoms with E-state index >= 15 is 0 Å². The number of nitrogens with zero attached hydrogens (tertiary/aromatic N) is 3. The van der Waals surface area contributed by atoms with Gasteiger partial charge < -0.3 is 10.2 Å². The molecule has 2 amide bonds. The SMILES string of the molecule is Cc1cnc2c(c1)CC(c1cc(NC(=O)N3CC4CC4C3)ccc1Cl)=N2. The summed E-state index contributed by atoms with van der Waals surface area (Å²) in [5.41, 5.74) is 4.72. The summed E-state index contributed by atoms with van der Waals surface area (Å²) in [5, 5.41) is 3.64. The molecule has 1 N–H and O–H groups in total. The lowest BCUT2D eigenvalue weighted by Crippen LogP contribution is -2.34. The summed E-state index contributed by atoms with van der Waals surface area (Å²) in [6.07, 6.45) is 3.81. The van der Waals surface area contributed by atoms with Crippen molar-refractivity contribution in [3.8, 4) is 0 Å². The van der Waals surface area contributed by atoms with Crippen LogP contribution in [0.1, 0.15) is 23.1 Å². The van der Waals surface area contributed by atoms with Crippen LogP contribution in [0.15, 0.2) is 35.5 Å². The van der Waals surface area contributed by atoms with Gasteiger partial charge in [-0.2, -0.15) is 0 Å². The Morgan fingerprint density at radius 3 is 2.88 bits per heavy atom. The van der Waals surface area contributed by atoms with Crippen molar-refractivity contribution in [3.63, 3.8) is 0 Å². The van der Waals surface area contributed by atoms with Crippen molar-refractivity contribution in [2.45, 2.75) is 19.8 Å². The van der Waals surface area contributed by atoms with Crippen molar-refractivity contribution in [3.05, 3.63) is 52.2 Å². The van der Waals surface area contributed by atoms with Gasteiger partial charge in [0.05, 0.1) is 5.71 Å². The van der Waals surface area contributed by atoms with Gasteiger partial charge in [-0.3, -0.25) is 0 Å². The molecule has 132 valence electrons. The molecule has 1 aromatic carbocycles. The number of hydrogen-bond donors (Lipinski definition) is 1. The predicted molar refractivity (Wildman–Crippen MR) is 103 cm³/mol. The first kappa shape index (κ1) is 15.8. The van der Waals surface area contributed by atoms with Crippen molar-refractivity contribution >= 4 is 34.8 Å². The van der Waals surface area contributed by atoms with Crippen LogP contribution in [-0.4, -0.2) is 34.7 Å². The second-order valence-electron chi connectivity index (χ2n) is 7.52. The first-order valence-electron chi connectivity index (χ1n) is 8.96. The number of anilines is 1. The molecule has 0 radical (unpaired) electrons. The van der Waals surface area contributed by atoms with Gasteiger partial charge in [-0.05, 0) is 48.9 Å². The second-order valence-corrected chi connectivity index (χ2v) is 7.92. The molecule has 6 heteroatoms. The highest BCUT2D eigenvalue weighted by molar-refractivity contribution is 6.34. The topological polar surface area (TPSA) is 57.6 Å². The largest absolute Gasteiger partial charge is 0.324 e. The van der Waals surface area contributed by atoms with Gasteiger partial charge in [0, 0.05) is 47.5 Å². The number of pyridine rings is 1. The van der Waals surface area contributed by atoms with Crippen LogP contribution in [-0.2, 0) is 6.42 Å². The summed E-state index contributed by atoms with van der Waals surface area (Å²) in [6, 6.07) is 7.65. The number of benzene rings is 1. The van der Waals surface area contributed by atoms with Crippen molar-refractivity contribution in [2.75, 3.05) is 18.4 Å². The van der Waals surface area contributed by atoms with E-state index in [1.807, 2.05) is 36.2 Å². The summed E-state index contributed by atoms with van der Waals surface area (Å²) >= 11 is 6.41. The second kappa shape index (κ2) is 5.81. The normalized spacial score (nSPS) is 22.7. The Morgan fingerprint density at radius 2 is 2.08 bits per heavy atom. The molecule has 1 aromatic heterocycles. The molecule has 3 aliphatic rings. The van der Waals surface area contributed by atoms with Crippen LogP contribution in [0.25, 0.3) is 0 Å². The number of aryl methyl sites for hydroxylation is 1. The third-order valence-electron chi connectivity index (χ3n) is 5.47. The number of carbonyl (C=O) groups excluding carboxylic acids is 1. The van der Waals surface area contributed by atoms with Crippen LogP contribution in [0.3, 0.4) is 0 Å². The first-order valence-corrected chi connectivity index (χ1v) is 9.33. The number of nitrogens with one attached hydrogen (secondary N) is 1. The van der Waals surface area contributed by atoms with Gasteiger partial charge in [-0.1, -0.05) is 17.7 Å². The molecule has 0 bridgehead atoms. The van der Waals surface area contributed by atoms with Crippen LogP contribution in [0.5, 0.6) is 0 Å². The standard InChI is InChI=1S/C20H19ClN4O/c1-11-4-12-6-18(24-19(12)22-8-11)16-7-15(2-3-17(16)21)23-20(26)25-9-13-5-14(13)10-25/h2-4,7-8,13-14H,5-6,9-10H2,1H3,(H,23,26). The van der Waals surface area contributed by atoms with Gasteiger partial charge in [0.25, 0.3) is 0 Å². The van der Waals surface area contributed by atoms with Gasteiger partial charge in [0.2, 0.25) is 0 Å². The smallest absolute Gasteiger partial charge is 0.321 e. The highest BCUT2D eigenvalue weighted by Gasteiger charge is 2.46. The molecule has 1 aliphatic carbocycles. The van der Waals surface area contributed by atoms with E-state index < -0.39 is 0 Å². The summed E-state index contributed by atoms with van der Waals surface area (Å²) in [7, 11) is 0. The molecule has 3 heterocycles. The van der Waals surface area contributed by atoms with E-state index in [1.54, 1.807) is 0 Å². The lowest BCUT2D eigenvalue weighted by molar-refractivity contribution is 0.217. The molecule has 2 aromatic rings. The molecular weight excluding hydrogens is 348 g/mol. The molecule has 1 saturated heterocycles. The number of halogens is 1. The van der Waals surface area contributed by atoms with Crippen molar-refractivity contribution < 1.29 is 4.79 Å². The maximum atomic E-state index is 12.5. The fourth-order valence-electron chi connectivity index (χ4n) is 3.95. The van der Waals surface area contributed by atoms with Gasteiger partial charge in [0.15, 0.2) is 5.82 Å². The number of hydrogen-bond acceptors (Lipinski definition) is 3. The van der Waals surface area contributed by atoms with Crippen LogP contribution < -0.4 is 5.32 Å². The maximum absolute atomic E-state index is 12.5. The number of piperidine rings is 1. The van der Waals surface area contributed by atoms with Crippen LogP contribution in [0, 0.1) is 18.8 Å². The van der Waals surface area contributed by atoms with Crippen LogP contribution in [0.2, 0.25) is 5.02 Å². The van der Waals surface area contributed by atoms with E-state index in [1.165, 1.54) is 6.42 Å². The van der Waals surface area contributed by atoms with Crippen molar-refractivity contribution in [1.82, 2.24) is 9.88 Å². The zero-order valence-electron chi connectivity index (χ0n) is 14.5. The molecular formula is C20H19ClN4O. The molecule has 2 aliphatic heterocycles. The zero-order chi connectivity index (χ0) is 17.8. The molecule has 5 nitrogen and oxygen atoms in total.